The fraction of sp³-hybridized carbons (Fsp3) is 0.205. The predicted octanol–water partition coefficient (Wildman–Crippen LogP) is 9.05. The van der Waals surface area contributed by atoms with Gasteiger partial charge in [-0.2, -0.15) is 10.2 Å². The number of para-hydroxylation sites is 2. The van der Waals surface area contributed by atoms with Crippen molar-refractivity contribution in [1.82, 2.24) is 34.5 Å². The van der Waals surface area contributed by atoms with Gasteiger partial charge in [-0.3, -0.25) is 0 Å². The topological polar surface area (TPSA) is 105 Å². The first-order chi connectivity index (χ1) is 28.2. The van der Waals surface area contributed by atoms with Crippen molar-refractivity contribution in [3.63, 3.8) is 0 Å². The van der Waals surface area contributed by atoms with Crippen LogP contribution in [0, 0.1) is 25.5 Å². The second-order valence-corrected chi connectivity index (χ2v) is 14.6. The van der Waals surface area contributed by atoms with E-state index in [1.807, 2.05) is 87.6 Å². The molecule has 1 aliphatic heterocycles. The van der Waals surface area contributed by atoms with Crippen molar-refractivity contribution in [3.05, 3.63) is 148 Å². The van der Waals surface area contributed by atoms with E-state index in [1.54, 1.807) is 4.68 Å². The van der Waals surface area contributed by atoms with Gasteiger partial charge in [-0.25, -0.2) is 33.1 Å². The van der Waals surface area contributed by atoms with E-state index in [0.717, 1.165) is 50.8 Å². The van der Waals surface area contributed by atoms with Crippen molar-refractivity contribution in [3.8, 4) is 28.6 Å². The highest BCUT2D eigenvalue weighted by molar-refractivity contribution is 6.31. The third kappa shape index (κ3) is 7.18. The van der Waals surface area contributed by atoms with Crippen molar-refractivity contribution in [1.29, 1.82) is 0 Å². The van der Waals surface area contributed by atoms with Gasteiger partial charge in [0.1, 0.15) is 47.9 Å². The van der Waals surface area contributed by atoms with Crippen LogP contribution in [-0.2, 0) is 25.0 Å². The lowest BCUT2D eigenvalue weighted by atomic mass is 9.97. The van der Waals surface area contributed by atoms with E-state index < -0.39 is 11.6 Å². The Kier molecular flexibility index (Phi) is 9.92. The molecule has 0 bridgehead atoms. The first kappa shape index (κ1) is 37.2. The van der Waals surface area contributed by atoms with Crippen molar-refractivity contribution < 1.29 is 23.0 Å². The summed E-state index contributed by atoms with van der Waals surface area (Å²) in [4.78, 5) is 16.3. The van der Waals surface area contributed by atoms with Gasteiger partial charge in [-0.1, -0.05) is 48.0 Å². The maximum atomic E-state index is 15.2. The van der Waals surface area contributed by atoms with E-state index >= 15 is 4.39 Å². The Morgan fingerprint density at radius 2 is 1.57 bits per heavy atom. The Bertz CT molecular complexity index is 2830. The summed E-state index contributed by atoms with van der Waals surface area (Å²) in [5.74, 6) is 0.982. The molecule has 1 fully saturated rings. The number of benzene rings is 4. The normalized spacial score (nSPS) is 14.4. The zero-order chi connectivity index (χ0) is 39.9. The number of ether oxygens (including phenoxy) is 3. The molecule has 14 heteroatoms. The highest BCUT2D eigenvalue weighted by Gasteiger charge is 2.29. The number of halogens is 3. The summed E-state index contributed by atoms with van der Waals surface area (Å²) < 4.78 is 51.3. The zero-order valence-electron chi connectivity index (χ0n) is 31.9. The standard InChI is InChI=1S/C44H37ClF2N8O3/c1-26-15-35(44-48-25-50-53(44)3)32-9-5-11-40(42(32)51-26)57-22-28-7-4-8-31(17-28)54-13-14-56-24-39(54)34-18-29(46)19-37(45)36(34)23-58-41-12-6-10-33-38(16-27(2)52-43(33)41)55-21-30(47)20-49-55/h4-12,15-21,25,39H,13-14,22-24H2,1-3H3/t39-/m0/s1. The third-order valence-corrected chi connectivity index (χ3v) is 10.6. The van der Waals surface area contributed by atoms with Crippen LogP contribution in [0.2, 0.25) is 5.02 Å². The van der Waals surface area contributed by atoms with Crippen LogP contribution < -0.4 is 14.4 Å². The third-order valence-electron chi connectivity index (χ3n) is 10.3. The average molecular weight is 799 g/mol. The Morgan fingerprint density at radius 1 is 0.828 bits per heavy atom. The number of fused-ring (bicyclic) bond motifs is 2. The summed E-state index contributed by atoms with van der Waals surface area (Å²) >= 11 is 6.82. The van der Waals surface area contributed by atoms with Crippen LogP contribution in [0.15, 0.2) is 104 Å². The van der Waals surface area contributed by atoms with E-state index in [-0.39, 0.29) is 24.3 Å². The van der Waals surface area contributed by atoms with Crippen LogP contribution in [0.4, 0.5) is 14.5 Å². The molecule has 0 radical (unpaired) electrons. The maximum absolute atomic E-state index is 15.2. The van der Waals surface area contributed by atoms with E-state index in [2.05, 4.69) is 26.1 Å². The fourth-order valence-electron chi connectivity index (χ4n) is 7.64. The molecular weight excluding hydrogens is 762 g/mol. The molecule has 9 rings (SSSR count). The van der Waals surface area contributed by atoms with E-state index in [0.29, 0.717) is 59.3 Å². The quantitative estimate of drug-likeness (QED) is 0.134. The Balaban J connectivity index is 0.993. The highest BCUT2D eigenvalue weighted by Crippen LogP contribution is 2.38. The number of aryl methyl sites for hydroxylation is 3. The average Bonchev–Trinajstić information content (AvgIpc) is 3.86. The molecule has 58 heavy (non-hydrogen) atoms. The van der Waals surface area contributed by atoms with Crippen LogP contribution in [0.3, 0.4) is 0 Å². The van der Waals surface area contributed by atoms with Crippen LogP contribution in [0.25, 0.3) is 38.9 Å². The first-order valence-corrected chi connectivity index (χ1v) is 19.1. The van der Waals surface area contributed by atoms with E-state index in [1.165, 1.54) is 29.3 Å². The first-order valence-electron chi connectivity index (χ1n) is 18.7. The summed E-state index contributed by atoms with van der Waals surface area (Å²) in [6.07, 6.45) is 4.01. The summed E-state index contributed by atoms with van der Waals surface area (Å²) in [6, 6.07) is 25.8. The van der Waals surface area contributed by atoms with Gasteiger partial charge in [0.25, 0.3) is 0 Å². The van der Waals surface area contributed by atoms with Crippen LogP contribution in [0.1, 0.15) is 34.1 Å². The van der Waals surface area contributed by atoms with Crippen molar-refractivity contribution in [2.45, 2.75) is 33.1 Å². The minimum atomic E-state index is -0.462. The van der Waals surface area contributed by atoms with E-state index in [4.69, 9.17) is 35.8 Å². The molecule has 1 aliphatic rings. The van der Waals surface area contributed by atoms with Gasteiger partial charge in [0.2, 0.25) is 0 Å². The lowest BCUT2D eigenvalue weighted by Crippen LogP contribution is -2.40. The predicted molar refractivity (Wildman–Crippen MR) is 217 cm³/mol. The molecule has 0 unspecified atom stereocenters. The molecule has 0 saturated carbocycles. The van der Waals surface area contributed by atoms with Gasteiger partial charge in [0, 0.05) is 52.6 Å². The summed E-state index contributed by atoms with van der Waals surface area (Å²) in [7, 11) is 1.86. The van der Waals surface area contributed by atoms with Gasteiger partial charge >= 0.3 is 0 Å². The smallest absolute Gasteiger partial charge is 0.161 e. The number of rotatable bonds is 10. The van der Waals surface area contributed by atoms with Crippen molar-refractivity contribution >= 4 is 39.1 Å². The molecule has 11 nitrogen and oxygen atoms in total. The fourth-order valence-corrected chi connectivity index (χ4v) is 7.91. The second-order valence-electron chi connectivity index (χ2n) is 14.2. The van der Waals surface area contributed by atoms with Crippen LogP contribution >= 0.6 is 11.6 Å². The monoisotopic (exact) mass is 798 g/mol. The van der Waals surface area contributed by atoms with Crippen LogP contribution in [0.5, 0.6) is 11.5 Å². The molecular formula is C44H37ClF2N8O3. The Morgan fingerprint density at radius 3 is 2.33 bits per heavy atom. The highest BCUT2D eigenvalue weighted by atomic mass is 35.5. The molecule has 1 saturated heterocycles. The molecule has 0 aliphatic carbocycles. The van der Waals surface area contributed by atoms with Gasteiger partial charge < -0.3 is 19.1 Å². The van der Waals surface area contributed by atoms with Gasteiger partial charge in [-0.15, -0.1) is 0 Å². The van der Waals surface area contributed by atoms with Crippen molar-refractivity contribution in [2.24, 2.45) is 7.05 Å². The number of morpholine rings is 1. The number of anilines is 1. The molecule has 1 atom stereocenters. The van der Waals surface area contributed by atoms with Gasteiger partial charge in [0.05, 0.1) is 42.4 Å². The lowest BCUT2D eigenvalue weighted by molar-refractivity contribution is 0.0935. The van der Waals surface area contributed by atoms with Crippen molar-refractivity contribution in [2.75, 3.05) is 24.7 Å². The number of aromatic nitrogens is 7. The molecule has 4 aromatic heterocycles. The summed E-state index contributed by atoms with van der Waals surface area (Å²) in [6.45, 7) is 5.48. The largest absolute Gasteiger partial charge is 0.487 e. The number of pyridine rings is 2. The number of nitrogens with zero attached hydrogens (tertiary/aromatic N) is 8. The zero-order valence-corrected chi connectivity index (χ0v) is 32.6. The molecule has 0 spiro atoms. The van der Waals surface area contributed by atoms with Gasteiger partial charge in [-0.05, 0) is 73.5 Å². The number of hydrogen-bond donors (Lipinski definition) is 0. The molecule has 5 heterocycles. The van der Waals surface area contributed by atoms with Gasteiger partial charge in [0.15, 0.2) is 11.6 Å². The lowest BCUT2D eigenvalue weighted by Gasteiger charge is -2.39. The van der Waals surface area contributed by atoms with Crippen LogP contribution in [-0.4, -0.2) is 54.3 Å². The molecule has 0 amide bonds. The number of hydrogen-bond acceptors (Lipinski definition) is 9. The molecule has 4 aromatic carbocycles. The second kappa shape index (κ2) is 15.5. The minimum Gasteiger partial charge on any atom is -0.487 e. The Hall–Kier alpha value is -6.44. The summed E-state index contributed by atoms with van der Waals surface area (Å²) in [5.41, 5.74) is 7.60. The Labute approximate surface area is 337 Å². The van der Waals surface area contributed by atoms with E-state index in [9.17, 15) is 4.39 Å². The minimum absolute atomic E-state index is 0.0318. The molecule has 0 N–H and O–H groups in total. The molecule has 8 aromatic rings. The summed E-state index contributed by atoms with van der Waals surface area (Å²) in [5, 5.41) is 10.3. The SMILES string of the molecule is Cc1cc(-c2ncnn2C)c2cccc(OCc3cccc(N4CCOC[C@H]4c4cc(F)cc(Cl)c4COc4cccc5c(-n6cc(F)cn6)cc(C)nc45)c3)c2n1. The molecule has 292 valence electrons. The maximum Gasteiger partial charge on any atom is 0.161 e.